The fourth-order valence-corrected chi connectivity index (χ4v) is 2.69. The molecule has 0 aromatic carbocycles. The van der Waals surface area contributed by atoms with Gasteiger partial charge in [0.15, 0.2) is 0 Å². The van der Waals surface area contributed by atoms with E-state index in [4.69, 9.17) is 0 Å². The van der Waals surface area contributed by atoms with Crippen LogP contribution in [0.25, 0.3) is 5.65 Å². The van der Waals surface area contributed by atoms with Gasteiger partial charge in [0.25, 0.3) is 0 Å². The van der Waals surface area contributed by atoms with Gasteiger partial charge in [-0.1, -0.05) is 40.7 Å². The molecule has 0 aliphatic carbocycles. The average Bonchev–Trinajstić information content (AvgIpc) is 2.44. The molecule has 0 aliphatic heterocycles. The van der Waals surface area contributed by atoms with E-state index in [1.807, 2.05) is 18.7 Å². The first-order chi connectivity index (χ1) is 11.1. The van der Waals surface area contributed by atoms with Gasteiger partial charge in [-0.15, -0.1) is 0 Å². The van der Waals surface area contributed by atoms with E-state index in [1.54, 1.807) is 18.2 Å². The van der Waals surface area contributed by atoms with E-state index in [0.717, 1.165) is 0 Å². The monoisotopic (exact) mass is 332 g/mol. The summed E-state index contributed by atoms with van der Waals surface area (Å²) in [6.07, 6.45) is 1.50. The zero-order valence-electron chi connectivity index (χ0n) is 14.8. The first kappa shape index (κ1) is 17.9. The van der Waals surface area contributed by atoms with Gasteiger partial charge < -0.3 is 4.90 Å². The minimum atomic E-state index is -0.650. The third-order valence-electron chi connectivity index (χ3n) is 3.42. The van der Waals surface area contributed by atoms with Crippen LogP contribution >= 0.6 is 0 Å². The van der Waals surface area contributed by atoms with Crippen molar-refractivity contribution in [1.29, 1.82) is 0 Å². The van der Waals surface area contributed by atoms with E-state index >= 15 is 0 Å². The number of anilines is 1. The Morgan fingerprint density at radius 1 is 1.33 bits per heavy atom. The minimum Gasteiger partial charge on any atom is -0.350 e. The third-order valence-corrected chi connectivity index (χ3v) is 3.42. The molecule has 0 saturated carbocycles. The molecule has 2 rings (SSSR count). The Hall–Kier alpha value is -2.44. The molecule has 2 aromatic rings. The Kier molecular flexibility index (Phi) is 4.91. The summed E-state index contributed by atoms with van der Waals surface area (Å²) in [5.74, 6) is 0.433. The van der Waals surface area contributed by atoms with Crippen LogP contribution < -0.4 is 10.5 Å². The first-order valence-corrected chi connectivity index (χ1v) is 8.01. The Morgan fingerprint density at radius 2 is 2.00 bits per heavy atom. The zero-order valence-corrected chi connectivity index (χ0v) is 14.8. The van der Waals surface area contributed by atoms with Crippen molar-refractivity contribution >= 4 is 17.2 Å². The maximum Gasteiger partial charge on any atom is 0.376 e. The van der Waals surface area contributed by atoms with Gasteiger partial charge >= 0.3 is 11.2 Å². The summed E-state index contributed by atoms with van der Waals surface area (Å²) < 4.78 is 1.21. The van der Waals surface area contributed by atoms with E-state index in [0.29, 0.717) is 18.7 Å². The van der Waals surface area contributed by atoms with Gasteiger partial charge in [0, 0.05) is 19.3 Å². The lowest BCUT2D eigenvalue weighted by Crippen LogP contribution is -2.38. The van der Waals surface area contributed by atoms with Crippen LogP contribution in [0.5, 0.6) is 0 Å². The number of nitro groups is 1. The Morgan fingerprint density at radius 3 is 2.54 bits per heavy atom. The molecule has 0 spiro atoms. The molecule has 0 unspecified atom stereocenters. The van der Waals surface area contributed by atoms with Gasteiger partial charge in [-0.25, -0.2) is 4.98 Å². The molecule has 0 saturated heterocycles. The van der Waals surface area contributed by atoms with Crippen molar-refractivity contribution in [2.24, 2.45) is 11.3 Å². The number of aromatic nitrogens is 2. The van der Waals surface area contributed by atoms with Crippen LogP contribution in [0.4, 0.5) is 11.5 Å². The van der Waals surface area contributed by atoms with Crippen molar-refractivity contribution in [1.82, 2.24) is 9.38 Å². The number of nitrogens with zero attached hydrogens (tertiary/aromatic N) is 4. The molecule has 0 atom stereocenters. The van der Waals surface area contributed by atoms with Crippen molar-refractivity contribution in [3.63, 3.8) is 0 Å². The lowest BCUT2D eigenvalue weighted by atomic mass is 9.95. The number of pyridine rings is 1. The SMILES string of the molecule is CC(C)CN(CC(C)(C)C)c1nc2ccccn2c(=O)c1[N+](=O)[O-]. The molecular formula is C17H24N4O3. The van der Waals surface area contributed by atoms with E-state index in [-0.39, 0.29) is 17.2 Å². The highest BCUT2D eigenvalue weighted by atomic mass is 16.6. The average molecular weight is 332 g/mol. The van der Waals surface area contributed by atoms with Gasteiger partial charge in [-0.3, -0.25) is 19.3 Å². The molecule has 0 amide bonds. The highest BCUT2D eigenvalue weighted by Crippen LogP contribution is 2.27. The summed E-state index contributed by atoms with van der Waals surface area (Å²) in [7, 11) is 0. The van der Waals surface area contributed by atoms with Gasteiger partial charge in [-0.05, 0) is 23.5 Å². The Labute approximate surface area is 141 Å². The predicted octanol–water partition coefficient (Wildman–Crippen LogP) is 3.11. The zero-order chi connectivity index (χ0) is 18.1. The minimum absolute atomic E-state index is 0.0910. The quantitative estimate of drug-likeness (QED) is 0.621. The van der Waals surface area contributed by atoms with Crippen molar-refractivity contribution in [2.75, 3.05) is 18.0 Å². The summed E-state index contributed by atoms with van der Waals surface area (Å²) in [6, 6.07) is 5.09. The third kappa shape index (κ3) is 3.90. The molecule has 0 aliphatic rings. The van der Waals surface area contributed by atoms with E-state index in [9.17, 15) is 14.9 Å². The molecule has 24 heavy (non-hydrogen) atoms. The van der Waals surface area contributed by atoms with E-state index < -0.39 is 16.2 Å². The van der Waals surface area contributed by atoms with E-state index in [1.165, 1.54) is 10.6 Å². The highest BCUT2D eigenvalue weighted by molar-refractivity contribution is 5.61. The molecule has 0 fully saturated rings. The van der Waals surface area contributed by atoms with Gasteiger partial charge in [0.1, 0.15) is 5.65 Å². The van der Waals surface area contributed by atoms with Crippen LogP contribution in [-0.4, -0.2) is 27.4 Å². The maximum absolute atomic E-state index is 12.6. The van der Waals surface area contributed by atoms with Gasteiger partial charge in [0.05, 0.1) is 4.92 Å². The standard InChI is InChI=1S/C17H24N4O3/c1-12(2)10-19(11-17(3,4)5)15-14(21(23)24)16(22)20-9-7-6-8-13(20)18-15/h6-9,12H,10-11H2,1-5H3. The molecule has 0 N–H and O–H groups in total. The summed E-state index contributed by atoms with van der Waals surface area (Å²) in [6.45, 7) is 11.4. The topological polar surface area (TPSA) is 80.8 Å². The Bertz CT molecular complexity index is 806. The molecular weight excluding hydrogens is 308 g/mol. The predicted molar refractivity (Wildman–Crippen MR) is 94.6 cm³/mol. The summed E-state index contributed by atoms with van der Waals surface area (Å²) in [5.41, 5.74) is -0.802. The summed E-state index contributed by atoms with van der Waals surface area (Å²) in [4.78, 5) is 29.8. The largest absolute Gasteiger partial charge is 0.376 e. The van der Waals surface area contributed by atoms with Crippen LogP contribution in [-0.2, 0) is 0 Å². The lowest BCUT2D eigenvalue weighted by molar-refractivity contribution is -0.385. The van der Waals surface area contributed by atoms with E-state index in [2.05, 4.69) is 25.8 Å². The van der Waals surface area contributed by atoms with Crippen molar-refractivity contribution in [3.8, 4) is 0 Å². The summed E-state index contributed by atoms with van der Waals surface area (Å²) in [5, 5.41) is 11.6. The second-order valence-corrected chi connectivity index (χ2v) is 7.61. The molecule has 130 valence electrons. The van der Waals surface area contributed by atoms with Crippen LogP contribution in [0.15, 0.2) is 29.2 Å². The molecule has 2 aromatic heterocycles. The lowest BCUT2D eigenvalue weighted by Gasteiger charge is -2.31. The fourth-order valence-electron chi connectivity index (χ4n) is 2.69. The van der Waals surface area contributed by atoms with Crippen LogP contribution in [0.1, 0.15) is 34.6 Å². The van der Waals surface area contributed by atoms with Crippen LogP contribution in [0, 0.1) is 21.4 Å². The fraction of sp³-hybridized carbons (Fsp3) is 0.529. The number of hydrogen-bond acceptors (Lipinski definition) is 5. The number of rotatable bonds is 5. The van der Waals surface area contributed by atoms with Crippen molar-refractivity contribution in [3.05, 3.63) is 44.9 Å². The number of fused-ring (bicyclic) bond motifs is 1. The Balaban J connectivity index is 2.72. The van der Waals surface area contributed by atoms with Gasteiger partial charge in [0.2, 0.25) is 5.82 Å². The molecule has 0 radical (unpaired) electrons. The highest BCUT2D eigenvalue weighted by Gasteiger charge is 2.30. The van der Waals surface area contributed by atoms with Crippen molar-refractivity contribution < 1.29 is 4.92 Å². The molecule has 2 heterocycles. The number of hydrogen-bond donors (Lipinski definition) is 0. The second-order valence-electron chi connectivity index (χ2n) is 7.61. The summed E-state index contributed by atoms with van der Waals surface area (Å²) >= 11 is 0. The smallest absolute Gasteiger partial charge is 0.350 e. The van der Waals surface area contributed by atoms with Crippen molar-refractivity contribution in [2.45, 2.75) is 34.6 Å². The first-order valence-electron chi connectivity index (χ1n) is 8.01. The van der Waals surface area contributed by atoms with Crippen LogP contribution in [0.3, 0.4) is 0 Å². The second kappa shape index (κ2) is 6.59. The normalized spacial score (nSPS) is 11.9. The maximum atomic E-state index is 12.6. The van der Waals surface area contributed by atoms with Crippen LogP contribution in [0.2, 0.25) is 0 Å². The molecule has 7 heteroatoms. The molecule has 0 bridgehead atoms. The van der Waals surface area contributed by atoms with Gasteiger partial charge in [-0.2, -0.15) is 0 Å². The molecule has 7 nitrogen and oxygen atoms in total.